The Morgan fingerprint density at radius 1 is 0.818 bits per heavy atom. The molecule has 0 saturated heterocycles. The fourth-order valence-electron chi connectivity index (χ4n) is 3.03. The lowest BCUT2D eigenvalue weighted by Crippen LogP contribution is -2.20. The molecule has 0 fully saturated rings. The van der Waals surface area contributed by atoms with Crippen LogP contribution >= 0.6 is 0 Å². The third-order valence-corrected chi connectivity index (χ3v) is 4.70. The number of ether oxygens (including phenoxy) is 1. The molecule has 8 nitrogen and oxygen atoms in total. The van der Waals surface area contributed by atoms with E-state index in [0.29, 0.717) is 17.1 Å². The molecular formula is C25H25N3O5. The van der Waals surface area contributed by atoms with Crippen LogP contribution in [0.3, 0.4) is 0 Å². The fourth-order valence-corrected chi connectivity index (χ4v) is 3.03. The van der Waals surface area contributed by atoms with Crippen molar-refractivity contribution in [3.8, 4) is 5.75 Å². The van der Waals surface area contributed by atoms with E-state index in [2.05, 4.69) is 16.0 Å². The molecule has 0 saturated carbocycles. The van der Waals surface area contributed by atoms with Gasteiger partial charge in [-0.15, -0.1) is 0 Å². The van der Waals surface area contributed by atoms with Crippen LogP contribution in [0.4, 0.5) is 21.9 Å². The van der Waals surface area contributed by atoms with Gasteiger partial charge in [0, 0.05) is 11.4 Å². The van der Waals surface area contributed by atoms with Gasteiger partial charge < -0.3 is 25.8 Å². The first-order valence-electron chi connectivity index (χ1n) is 10.4. The smallest absolute Gasteiger partial charge is 0.323 e. The number of benzene rings is 3. The van der Waals surface area contributed by atoms with E-state index < -0.39 is 5.97 Å². The van der Waals surface area contributed by atoms with E-state index in [-0.39, 0.29) is 31.4 Å². The molecule has 0 aliphatic rings. The predicted octanol–water partition coefficient (Wildman–Crippen LogP) is 4.67. The number of para-hydroxylation sites is 3. The second-order valence-corrected chi connectivity index (χ2v) is 7.30. The molecule has 3 aromatic rings. The number of rotatable bonds is 9. The number of carbonyl (C=O) groups is 3. The van der Waals surface area contributed by atoms with Gasteiger partial charge in [-0.1, -0.05) is 42.5 Å². The van der Waals surface area contributed by atoms with Crippen molar-refractivity contribution in [2.75, 3.05) is 22.6 Å². The summed E-state index contributed by atoms with van der Waals surface area (Å²) in [5.41, 5.74) is 3.53. The Morgan fingerprint density at radius 2 is 1.48 bits per heavy atom. The van der Waals surface area contributed by atoms with Crippen LogP contribution in [-0.2, 0) is 16.0 Å². The van der Waals surface area contributed by atoms with Crippen molar-refractivity contribution in [1.82, 2.24) is 0 Å². The van der Waals surface area contributed by atoms with Crippen molar-refractivity contribution in [3.05, 3.63) is 83.9 Å². The summed E-state index contributed by atoms with van der Waals surface area (Å²) in [5.74, 6) is -0.796. The first kappa shape index (κ1) is 23.3. The van der Waals surface area contributed by atoms with Gasteiger partial charge in [-0.2, -0.15) is 0 Å². The van der Waals surface area contributed by atoms with Crippen LogP contribution in [-0.4, -0.2) is 29.6 Å². The molecule has 0 bridgehead atoms. The average Bonchev–Trinajstić information content (AvgIpc) is 2.77. The molecule has 0 radical (unpaired) electrons. The van der Waals surface area contributed by atoms with E-state index in [9.17, 15) is 14.4 Å². The van der Waals surface area contributed by atoms with Crippen LogP contribution in [0.15, 0.2) is 72.8 Å². The minimum atomic E-state index is -0.956. The lowest BCUT2D eigenvalue weighted by molar-refractivity contribution is -0.137. The van der Waals surface area contributed by atoms with Gasteiger partial charge >= 0.3 is 12.0 Å². The summed E-state index contributed by atoms with van der Waals surface area (Å²) in [7, 11) is 0. The highest BCUT2D eigenvalue weighted by atomic mass is 16.5. The number of nitrogens with one attached hydrogen (secondary N) is 3. The maximum atomic E-state index is 12.5. The highest BCUT2D eigenvalue weighted by Gasteiger charge is 2.10. The van der Waals surface area contributed by atoms with Gasteiger partial charge in [0.15, 0.2) is 0 Å². The van der Waals surface area contributed by atoms with Crippen LogP contribution in [0.1, 0.15) is 17.5 Å². The number of aliphatic carboxylic acids is 1. The van der Waals surface area contributed by atoms with E-state index in [1.807, 2.05) is 31.2 Å². The number of carboxylic acid groups (broad SMARTS) is 1. The van der Waals surface area contributed by atoms with Crippen LogP contribution in [0.25, 0.3) is 0 Å². The van der Waals surface area contributed by atoms with Crippen molar-refractivity contribution >= 4 is 35.0 Å². The highest BCUT2D eigenvalue weighted by Crippen LogP contribution is 2.24. The minimum absolute atomic E-state index is 0.00803. The summed E-state index contributed by atoms with van der Waals surface area (Å²) in [4.78, 5) is 35.3. The third-order valence-electron chi connectivity index (χ3n) is 4.70. The SMILES string of the molecule is Cc1ccccc1NC(=O)Nc1ccc(CC(=O)Nc2ccccc2OCCC(=O)O)cc1. The number of carbonyl (C=O) groups excluding carboxylic acids is 2. The summed E-state index contributed by atoms with van der Waals surface area (Å²) >= 11 is 0. The molecule has 0 unspecified atom stereocenters. The summed E-state index contributed by atoms with van der Waals surface area (Å²) in [6.45, 7) is 1.92. The Labute approximate surface area is 191 Å². The molecular weight excluding hydrogens is 422 g/mol. The maximum Gasteiger partial charge on any atom is 0.323 e. The Kier molecular flexibility index (Phi) is 8.02. The summed E-state index contributed by atoms with van der Waals surface area (Å²) in [6, 6.07) is 21.0. The second kappa shape index (κ2) is 11.3. The van der Waals surface area contributed by atoms with Crippen molar-refractivity contribution in [2.45, 2.75) is 19.8 Å². The summed E-state index contributed by atoms with van der Waals surface area (Å²) in [6.07, 6.45) is -0.00914. The Hall–Kier alpha value is -4.33. The highest BCUT2D eigenvalue weighted by molar-refractivity contribution is 6.00. The van der Waals surface area contributed by atoms with E-state index in [1.165, 1.54) is 0 Å². The zero-order valence-electron chi connectivity index (χ0n) is 18.1. The van der Waals surface area contributed by atoms with Gasteiger partial charge in [0.25, 0.3) is 0 Å². The fraction of sp³-hybridized carbons (Fsp3) is 0.160. The van der Waals surface area contributed by atoms with Gasteiger partial charge in [-0.25, -0.2) is 4.79 Å². The van der Waals surface area contributed by atoms with Crippen LogP contribution in [0.5, 0.6) is 5.75 Å². The molecule has 3 amide bonds. The van der Waals surface area contributed by atoms with Gasteiger partial charge in [0.2, 0.25) is 5.91 Å². The second-order valence-electron chi connectivity index (χ2n) is 7.30. The number of hydrogen-bond acceptors (Lipinski definition) is 4. The molecule has 0 heterocycles. The van der Waals surface area contributed by atoms with E-state index in [1.54, 1.807) is 48.5 Å². The number of hydrogen-bond donors (Lipinski definition) is 4. The number of anilines is 3. The standard InChI is InChI=1S/C25H25N3O5/c1-17-6-2-3-7-20(17)28-25(32)26-19-12-10-18(11-13-19)16-23(29)27-21-8-4-5-9-22(21)33-15-14-24(30)31/h2-13H,14-16H2,1H3,(H,27,29)(H,30,31)(H2,26,28,32). The molecule has 0 aromatic heterocycles. The van der Waals surface area contributed by atoms with E-state index in [0.717, 1.165) is 16.8 Å². The Balaban J connectivity index is 1.53. The normalized spacial score (nSPS) is 10.2. The van der Waals surface area contributed by atoms with E-state index >= 15 is 0 Å². The predicted molar refractivity (Wildman–Crippen MR) is 127 cm³/mol. The van der Waals surface area contributed by atoms with E-state index in [4.69, 9.17) is 9.84 Å². The molecule has 3 aromatic carbocycles. The van der Waals surface area contributed by atoms with Crippen LogP contribution in [0.2, 0.25) is 0 Å². The molecule has 33 heavy (non-hydrogen) atoms. The van der Waals surface area contributed by atoms with Crippen LogP contribution in [0, 0.1) is 6.92 Å². The molecule has 0 aliphatic carbocycles. The molecule has 4 N–H and O–H groups in total. The lowest BCUT2D eigenvalue weighted by Gasteiger charge is -2.12. The number of carboxylic acids is 1. The summed E-state index contributed by atoms with van der Waals surface area (Å²) in [5, 5.41) is 17.1. The molecule has 0 atom stereocenters. The Bertz CT molecular complexity index is 1130. The van der Waals surface area contributed by atoms with Gasteiger partial charge in [0.1, 0.15) is 5.75 Å². The first-order valence-corrected chi connectivity index (χ1v) is 10.4. The van der Waals surface area contributed by atoms with Gasteiger partial charge in [-0.3, -0.25) is 9.59 Å². The molecule has 0 spiro atoms. The average molecular weight is 447 g/mol. The number of aryl methyl sites for hydroxylation is 1. The quantitative estimate of drug-likeness (QED) is 0.380. The molecule has 8 heteroatoms. The zero-order valence-corrected chi connectivity index (χ0v) is 18.1. The lowest BCUT2D eigenvalue weighted by atomic mass is 10.1. The molecule has 0 aliphatic heterocycles. The van der Waals surface area contributed by atoms with Crippen molar-refractivity contribution in [2.24, 2.45) is 0 Å². The van der Waals surface area contributed by atoms with Crippen LogP contribution < -0.4 is 20.7 Å². The third kappa shape index (κ3) is 7.39. The molecule has 3 rings (SSSR count). The Morgan fingerprint density at radius 3 is 2.18 bits per heavy atom. The van der Waals surface area contributed by atoms with Gasteiger partial charge in [-0.05, 0) is 48.4 Å². The number of urea groups is 1. The van der Waals surface area contributed by atoms with Crippen molar-refractivity contribution < 1.29 is 24.2 Å². The monoisotopic (exact) mass is 447 g/mol. The molecule has 170 valence electrons. The van der Waals surface area contributed by atoms with Crippen molar-refractivity contribution in [1.29, 1.82) is 0 Å². The maximum absolute atomic E-state index is 12.5. The zero-order chi connectivity index (χ0) is 23.6. The minimum Gasteiger partial charge on any atom is -0.491 e. The number of amides is 3. The van der Waals surface area contributed by atoms with Crippen molar-refractivity contribution in [3.63, 3.8) is 0 Å². The largest absolute Gasteiger partial charge is 0.491 e. The van der Waals surface area contributed by atoms with Gasteiger partial charge in [0.05, 0.1) is 25.1 Å². The summed E-state index contributed by atoms with van der Waals surface area (Å²) < 4.78 is 5.46. The topological polar surface area (TPSA) is 117 Å². The first-order chi connectivity index (χ1) is 15.9.